The van der Waals surface area contributed by atoms with E-state index in [1.54, 1.807) is 35.7 Å². The molecule has 0 aliphatic carbocycles. The van der Waals surface area contributed by atoms with Gasteiger partial charge < -0.3 is 15.2 Å². The molecule has 24 heavy (non-hydrogen) atoms. The van der Waals surface area contributed by atoms with E-state index in [4.69, 9.17) is 4.52 Å². The van der Waals surface area contributed by atoms with Crippen molar-refractivity contribution in [3.8, 4) is 0 Å². The van der Waals surface area contributed by atoms with Crippen LogP contribution in [0.25, 0.3) is 0 Å². The summed E-state index contributed by atoms with van der Waals surface area (Å²) in [7, 11) is 0. The van der Waals surface area contributed by atoms with Gasteiger partial charge in [0.05, 0.1) is 24.3 Å². The van der Waals surface area contributed by atoms with Gasteiger partial charge in [0, 0.05) is 17.6 Å². The minimum absolute atomic E-state index is 0.168. The molecule has 0 saturated carbocycles. The number of aryl methyl sites for hydroxylation is 1. The smallest absolute Gasteiger partial charge is 0.253 e. The first kappa shape index (κ1) is 16.1. The highest BCUT2D eigenvalue weighted by Gasteiger charge is 2.08. The predicted molar refractivity (Wildman–Crippen MR) is 90.7 cm³/mol. The van der Waals surface area contributed by atoms with Gasteiger partial charge in [-0.1, -0.05) is 12.1 Å². The van der Waals surface area contributed by atoms with Gasteiger partial charge in [0.25, 0.3) is 5.91 Å². The third kappa shape index (κ3) is 4.17. The first-order valence-electron chi connectivity index (χ1n) is 7.55. The van der Waals surface area contributed by atoms with Crippen LogP contribution in [0.2, 0.25) is 0 Å². The van der Waals surface area contributed by atoms with E-state index in [0.717, 1.165) is 22.8 Å². The Balaban J connectivity index is 1.51. The highest BCUT2D eigenvalue weighted by Crippen LogP contribution is 2.11. The Bertz CT molecular complexity index is 783. The molecule has 3 aromatic rings. The molecule has 0 radical (unpaired) electrons. The Hall–Kier alpha value is -2.74. The van der Waals surface area contributed by atoms with E-state index in [2.05, 4.69) is 32.7 Å². The summed E-state index contributed by atoms with van der Waals surface area (Å²) >= 11 is 1.55. The van der Waals surface area contributed by atoms with Crippen LogP contribution in [-0.2, 0) is 19.5 Å². The minimum atomic E-state index is -0.168. The molecule has 3 aromatic heterocycles. The van der Waals surface area contributed by atoms with Crippen molar-refractivity contribution in [2.24, 2.45) is 0 Å². The fraction of sp³-hybridized carbons (Fsp3) is 0.250. The van der Waals surface area contributed by atoms with Gasteiger partial charge in [-0.2, -0.15) is 0 Å². The number of nitrogens with zero attached hydrogens (tertiary/aromatic N) is 3. The maximum Gasteiger partial charge on any atom is 0.253 e. The highest BCUT2D eigenvalue weighted by molar-refractivity contribution is 7.09. The number of anilines is 1. The molecule has 0 bridgehead atoms. The molecule has 124 valence electrons. The number of pyridine rings is 1. The minimum Gasteiger partial charge on any atom is -0.364 e. The van der Waals surface area contributed by atoms with Gasteiger partial charge in [-0.15, -0.1) is 11.3 Å². The lowest BCUT2D eigenvalue weighted by atomic mass is 10.2. The third-order valence-electron chi connectivity index (χ3n) is 3.33. The molecule has 0 aliphatic rings. The SMILES string of the molecule is CCc1csc(CNC(=O)c2ccc(NCc3ccon3)nc2)n1. The molecule has 8 heteroatoms. The molecule has 2 N–H and O–H groups in total. The topological polar surface area (TPSA) is 92.9 Å². The average Bonchev–Trinajstić information content (AvgIpc) is 3.29. The second-order valence-electron chi connectivity index (χ2n) is 5.05. The first-order valence-corrected chi connectivity index (χ1v) is 8.43. The molecule has 3 heterocycles. The van der Waals surface area contributed by atoms with Crippen molar-refractivity contribution in [2.75, 3.05) is 5.32 Å². The van der Waals surface area contributed by atoms with Crippen molar-refractivity contribution < 1.29 is 9.32 Å². The zero-order valence-corrected chi connectivity index (χ0v) is 14.0. The molecule has 0 atom stereocenters. The Kier molecular flexibility index (Phi) is 5.17. The normalized spacial score (nSPS) is 10.5. The van der Waals surface area contributed by atoms with E-state index < -0.39 is 0 Å². The van der Waals surface area contributed by atoms with Crippen molar-refractivity contribution in [3.63, 3.8) is 0 Å². The van der Waals surface area contributed by atoms with E-state index in [-0.39, 0.29) is 5.91 Å². The van der Waals surface area contributed by atoms with Crippen LogP contribution in [0.15, 0.2) is 40.6 Å². The summed E-state index contributed by atoms with van der Waals surface area (Å²) in [5.41, 5.74) is 2.34. The molecule has 0 unspecified atom stereocenters. The number of carbonyl (C=O) groups is 1. The predicted octanol–water partition coefficient (Wildman–Crippen LogP) is 2.63. The quantitative estimate of drug-likeness (QED) is 0.685. The Morgan fingerprint density at radius 1 is 1.25 bits per heavy atom. The Morgan fingerprint density at radius 2 is 2.17 bits per heavy atom. The standard InChI is InChI=1S/C16H17N5O2S/c1-2-12-10-24-15(20-12)9-19-16(22)11-3-4-14(17-7-11)18-8-13-5-6-23-21-13/h3-7,10H,2,8-9H2,1H3,(H,17,18)(H,19,22). The Morgan fingerprint density at radius 3 is 2.83 bits per heavy atom. The van der Waals surface area contributed by atoms with Crippen LogP contribution < -0.4 is 10.6 Å². The molecule has 3 rings (SSSR count). The third-order valence-corrected chi connectivity index (χ3v) is 4.23. The molecular weight excluding hydrogens is 326 g/mol. The number of amides is 1. The van der Waals surface area contributed by atoms with Crippen LogP contribution in [-0.4, -0.2) is 21.0 Å². The number of hydrogen-bond acceptors (Lipinski definition) is 7. The summed E-state index contributed by atoms with van der Waals surface area (Å²) in [6.07, 6.45) is 3.96. The lowest BCUT2D eigenvalue weighted by Crippen LogP contribution is -2.22. The van der Waals surface area contributed by atoms with Crippen molar-refractivity contribution >= 4 is 23.1 Å². The first-order chi connectivity index (χ1) is 11.7. The summed E-state index contributed by atoms with van der Waals surface area (Å²) in [5.74, 6) is 0.501. The maximum atomic E-state index is 12.1. The van der Waals surface area contributed by atoms with Gasteiger partial charge in [-0.25, -0.2) is 9.97 Å². The summed E-state index contributed by atoms with van der Waals surface area (Å²) in [5, 5.41) is 12.7. The van der Waals surface area contributed by atoms with Gasteiger partial charge in [-0.05, 0) is 18.6 Å². The molecule has 0 saturated heterocycles. The molecule has 7 nitrogen and oxygen atoms in total. The van der Waals surface area contributed by atoms with Crippen LogP contribution in [0.1, 0.15) is 33.7 Å². The lowest BCUT2D eigenvalue weighted by molar-refractivity contribution is 0.0950. The Labute approximate surface area is 143 Å². The van der Waals surface area contributed by atoms with Gasteiger partial charge in [0.15, 0.2) is 0 Å². The second-order valence-corrected chi connectivity index (χ2v) is 5.99. The van der Waals surface area contributed by atoms with Crippen molar-refractivity contribution in [2.45, 2.75) is 26.4 Å². The average molecular weight is 343 g/mol. The number of rotatable bonds is 7. The number of hydrogen-bond donors (Lipinski definition) is 2. The molecule has 0 aromatic carbocycles. The van der Waals surface area contributed by atoms with Gasteiger partial charge >= 0.3 is 0 Å². The summed E-state index contributed by atoms with van der Waals surface area (Å²) in [6, 6.07) is 5.26. The second kappa shape index (κ2) is 7.69. The summed E-state index contributed by atoms with van der Waals surface area (Å²) in [4.78, 5) is 20.8. The maximum absolute atomic E-state index is 12.1. The highest BCUT2D eigenvalue weighted by atomic mass is 32.1. The van der Waals surface area contributed by atoms with E-state index >= 15 is 0 Å². The summed E-state index contributed by atoms with van der Waals surface area (Å²) < 4.78 is 4.76. The lowest BCUT2D eigenvalue weighted by Gasteiger charge is -2.05. The van der Waals surface area contributed by atoms with Crippen molar-refractivity contribution in [1.29, 1.82) is 0 Å². The van der Waals surface area contributed by atoms with Crippen LogP contribution >= 0.6 is 11.3 Å². The molecule has 0 fully saturated rings. The van der Waals surface area contributed by atoms with Crippen molar-refractivity contribution in [1.82, 2.24) is 20.4 Å². The number of carbonyl (C=O) groups excluding carboxylic acids is 1. The van der Waals surface area contributed by atoms with Gasteiger partial charge in [0.1, 0.15) is 22.8 Å². The molecular formula is C16H17N5O2S. The number of thiazole rings is 1. The zero-order valence-electron chi connectivity index (χ0n) is 13.2. The van der Waals surface area contributed by atoms with Crippen LogP contribution in [0.5, 0.6) is 0 Å². The largest absolute Gasteiger partial charge is 0.364 e. The number of aromatic nitrogens is 3. The van der Waals surface area contributed by atoms with Crippen LogP contribution in [0.3, 0.4) is 0 Å². The van der Waals surface area contributed by atoms with Gasteiger partial charge in [-0.3, -0.25) is 4.79 Å². The zero-order chi connectivity index (χ0) is 16.8. The number of nitrogens with one attached hydrogen (secondary N) is 2. The van der Waals surface area contributed by atoms with E-state index in [0.29, 0.717) is 24.5 Å². The van der Waals surface area contributed by atoms with Crippen molar-refractivity contribution in [3.05, 3.63) is 58.0 Å². The van der Waals surface area contributed by atoms with Crippen LogP contribution in [0, 0.1) is 0 Å². The van der Waals surface area contributed by atoms with E-state index in [1.807, 2.05) is 5.38 Å². The fourth-order valence-corrected chi connectivity index (χ4v) is 2.81. The molecule has 0 spiro atoms. The fourth-order valence-electron chi connectivity index (χ4n) is 1.99. The molecule has 1 amide bonds. The molecule has 0 aliphatic heterocycles. The van der Waals surface area contributed by atoms with E-state index in [1.165, 1.54) is 6.26 Å². The summed E-state index contributed by atoms with van der Waals surface area (Å²) in [6.45, 7) is 3.00. The van der Waals surface area contributed by atoms with E-state index in [9.17, 15) is 4.79 Å². The van der Waals surface area contributed by atoms with Gasteiger partial charge in [0.2, 0.25) is 0 Å². The van der Waals surface area contributed by atoms with Crippen LogP contribution in [0.4, 0.5) is 5.82 Å². The monoisotopic (exact) mass is 343 g/mol.